The average Bonchev–Trinajstić information content (AvgIpc) is 3.22. The molecule has 52 heavy (non-hydrogen) atoms. The quantitative estimate of drug-likeness (QED) is 0.165. The van der Waals surface area contributed by atoms with Crippen molar-refractivity contribution >= 4 is 64.6 Å². The second-order valence-electron chi connectivity index (χ2n) is 14.1. The standard InChI is InChI=1S/C52H32/c1-2-8-40-31-41(22-15-33(40)7-1)34-13-16-35(17-14-34)44-27-23-38-26-30-49-45(28-24-39-25-29-48(44)51(38)52(39)49)36-18-20-37(21-19-36)50-32-42-9-3-4-10-43(42)46-11-5-6-12-47(46)50/h1-32H. The zero-order chi connectivity index (χ0) is 34.2. The molecule has 11 aromatic carbocycles. The summed E-state index contributed by atoms with van der Waals surface area (Å²) in [4.78, 5) is 0. The minimum absolute atomic E-state index is 1.23. The number of rotatable bonds is 4. The maximum absolute atomic E-state index is 2.34. The van der Waals surface area contributed by atoms with Gasteiger partial charge in [0, 0.05) is 0 Å². The van der Waals surface area contributed by atoms with Crippen molar-refractivity contribution in [1.82, 2.24) is 0 Å². The Morgan fingerprint density at radius 3 is 1.27 bits per heavy atom. The number of benzene rings is 11. The Morgan fingerprint density at radius 1 is 0.192 bits per heavy atom. The summed E-state index contributed by atoms with van der Waals surface area (Å²) in [5.41, 5.74) is 9.99. The van der Waals surface area contributed by atoms with E-state index in [1.54, 1.807) is 0 Å². The number of hydrogen-bond donors (Lipinski definition) is 0. The maximum atomic E-state index is 2.34. The smallest absolute Gasteiger partial charge is 0.00203 e. The van der Waals surface area contributed by atoms with Crippen LogP contribution in [0, 0.1) is 0 Å². The van der Waals surface area contributed by atoms with Crippen LogP contribution in [0.15, 0.2) is 194 Å². The van der Waals surface area contributed by atoms with Crippen molar-refractivity contribution in [1.29, 1.82) is 0 Å². The third-order valence-corrected chi connectivity index (χ3v) is 11.2. The molecule has 0 unspecified atom stereocenters. The molecule has 0 radical (unpaired) electrons. The molecule has 0 nitrogen and oxygen atoms in total. The van der Waals surface area contributed by atoms with Crippen LogP contribution >= 0.6 is 0 Å². The Morgan fingerprint density at radius 2 is 0.635 bits per heavy atom. The van der Waals surface area contributed by atoms with Gasteiger partial charge in [-0.2, -0.15) is 0 Å². The van der Waals surface area contributed by atoms with Gasteiger partial charge in [0.05, 0.1) is 0 Å². The van der Waals surface area contributed by atoms with Crippen molar-refractivity contribution in [2.45, 2.75) is 0 Å². The van der Waals surface area contributed by atoms with E-state index >= 15 is 0 Å². The zero-order valence-electron chi connectivity index (χ0n) is 28.5. The van der Waals surface area contributed by atoms with Crippen LogP contribution in [0.2, 0.25) is 0 Å². The van der Waals surface area contributed by atoms with Crippen molar-refractivity contribution in [3.05, 3.63) is 194 Å². The van der Waals surface area contributed by atoms with E-state index in [1.165, 1.54) is 109 Å². The second kappa shape index (κ2) is 11.4. The molecular formula is C52H32. The highest BCUT2D eigenvalue weighted by molar-refractivity contribution is 6.27. The lowest BCUT2D eigenvalue weighted by Gasteiger charge is -2.17. The molecule has 11 rings (SSSR count). The Kier molecular flexibility index (Phi) is 6.35. The number of hydrogen-bond acceptors (Lipinski definition) is 0. The van der Waals surface area contributed by atoms with Gasteiger partial charge in [-0.25, -0.2) is 0 Å². The van der Waals surface area contributed by atoms with Crippen LogP contribution in [0.3, 0.4) is 0 Å². The molecule has 0 bridgehead atoms. The van der Waals surface area contributed by atoms with Gasteiger partial charge in [-0.3, -0.25) is 0 Å². The molecule has 0 aliphatic heterocycles. The van der Waals surface area contributed by atoms with Gasteiger partial charge in [-0.1, -0.05) is 182 Å². The molecule has 0 heteroatoms. The monoisotopic (exact) mass is 656 g/mol. The lowest BCUT2D eigenvalue weighted by molar-refractivity contribution is 1.62. The highest BCUT2D eigenvalue weighted by atomic mass is 14.2. The van der Waals surface area contributed by atoms with E-state index in [4.69, 9.17) is 0 Å². The van der Waals surface area contributed by atoms with Crippen molar-refractivity contribution < 1.29 is 0 Å². The Balaban J connectivity index is 1.00. The molecule has 0 aliphatic rings. The van der Waals surface area contributed by atoms with Crippen molar-refractivity contribution in [2.24, 2.45) is 0 Å². The predicted octanol–water partition coefficient (Wildman–Crippen LogP) is 14.7. The zero-order valence-corrected chi connectivity index (χ0v) is 28.5. The molecule has 0 fully saturated rings. The Bertz CT molecular complexity index is 3150. The molecule has 0 N–H and O–H groups in total. The van der Waals surface area contributed by atoms with Crippen molar-refractivity contribution in [3.63, 3.8) is 0 Å². The van der Waals surface area contributed by atoms with Crippen LogP contribution in [-0.4, -0.2) is 0 Å². The topological polar surface area (TPSA) is 0 Å². The van der Waals surface area contributed by atoms with E-state index in [2.05, 4.69) is 194 Å². The van der Waals surface area contributed by atoms with Crippen LogP contribution < -0.4 is 0 Å². The molecule has 11 aromatic rings. The maximum Gasteiger partial charge on any atom is -0.00203 e. The van der Waals surface area contributed by atoms with E-state index < -0.39 is 0 Å². The van der Waals surface area contributed by atoms with Gasteiger partial charge in [0.25, 0.3) is 0 Å². The summed E-state index contributed by atoms with van der Waals surface area (Å²) in [6.45, 7) is 0. The summed E-state index contributed by atoms with van der Waals surface area (Å²) in [5, 5.41) is 15.5. The van der Waals surface area contributed by atoms with E-state index in [-0.39, 0.29) is 0 Å². The van der Waals surface area contributed by atoms with Gasteiger partial charge >= 0.3 is 0 Å². The van der Waals surface area contributed by atoms with Crippen molar-refractivity contribution in [3.8, 4) is 44.5 Å². The first-order chi connectivity index (χ1) is 25.8. The molecule has 240 valence electrons. The summed E-state index contributed by atoms with van der Waals surface area (Å²) in [7, 11) is 0. The fourth-order valence-electron chi connectivity index (χ4n) is 8.64. The molecule has 0 aromatic heterocycles. The third-order valence-electron chi connectivity index (χ3n) is 11.2. The first-order valence-electron chi connectivity index (χ1n) is 18.1. The van der Waals surface area contributed by atoms with Crippen molar-refractivity contribution in [2.75, 3.05) is 0 Å². The number of fused-ring (bicyclic) bond motifs is 4. The summed E-state index contributed by atoms with van der Waals surface area (Å²) in [5.74, 6) is 0. The molecular weight excluding hydrogens is 625 g/mol. The molecule has 0 amide bonds. The minimum atomic E-state index is 1.23. The van der Waals surface area contributed by atoms with Crippen LogP contribution in [0.5, 0.6) is 0 Å². The lowest BCUT2D eigenvalue weighted by atomic mass is 9.86. The fourth-order valence-corrected chi connectivity index (χ4v) is 8.64. The third kappa shape index (κ3) is 4.48. The highest BCUT2D eigenvalue weighted by Crippen LogP contribution is 2.43. The van der Waals surface area contributed by atoms with Gasteiger partial charge < -0.3 is 0 Å². The van der Waals surface area contributed by atoms with Crippen LogP contribution in [-0.2, 0) is 0 Å². The van der Waals surface area contributed by atoms with Crippen LogP contribution in [0.4, 0.5) is 0 Å². The average molecular weight is 657 g/mol. The van der Waals surface area contributed by atoms with E-state index in [0.717, 1.165) is 0 Å². The van der Waals surface area contributed by atoms with Gasteiger partial charge in [0.2, 0.25) is 0 Å². The van der Waals surface area contributed by atoms with E-state index in [0.29, 0.717) is 0 Å². The summed E-state index contributed by atoms with van der Waals surface area (Å²) in [6, 6.07) is 71.8. The van der Waals surface area contributed by atoms with Gasteiger partial charge in [-0.15, -0.1) is 0 Å². The molecule has 0 spiro atoms. The SMILES string of the molecule is c1ccc2cc(-c3ccc(-c4ccc5ccc6c(-c7ccc(-c8cc9ccccc9c9ccccc89)cc7)ccc7ccc4c5c76)cc3)ccc2c1. The molecule has 0 saturated carbocycles. The summed E-state index contributed by atoms with van der Waals surface area (Å²) < 4.78 is 0. The first kappa shape index (κ1) is 29.0. The molecule has 0 heterocycles. The predicted molar refractivity (Wildman–Crippen MR) is 224 cm³/mol. The molecule has 0 aliphatic carbocycles. The Labute approximate surface area is 302 Å². The van der Waals surface area contributed by atoms with Gasteiger partial charge in [0.1, 0.15) is 0 Å². The van der Waals surface area contributed by atoms with Gasteiger partial charge in [0.15, 0.2) is 0 Å². The Hall–Kier alpha value is -6.76. The highest BCUT2D eigenvalue weighted by Gasteiger charge is 2.16. The summed E-state index contributed by atoms with van der Waals surface area (Å²) in [6.07, 6.45) is 0. The van der Waals surface area contributed by atoms with E-state index in [1.807, 2.05) is 0 Å². The van der Waals surface area contributed by atoms with E-state index in [9.17, 15) is 0 Å². The first-order valence-corrected chi connectivity index (χ1v) is 18.1. The largest absolute Gasteiger partial charge is 0.0616 e. The summed E-state index contributed by atoms with van der Waals surface area (Å²) >= 11 is 0. The minimum Gasteiger partial charge on any atom is -0.0616 e. The molecule has 0 atom stereocenters. The molecule has 0 saturated heterocycles. The fraction of sp³-hybridized carbons (Fsp3) is 0. The van der Waals surface area contributed by atoms with Crippen LogP contribution in [0.25, 0.3) is 109 Å². The van der Waals surface area contributed by atoms with Crippen LogP contribution in [0.1, 0.15) is 0 Å². The second-order valence-corrected chi connectivity index (χ2v) is 14.1. The lowest BCUT2D eigenvalue weighted by Crippen LogP contribution is -1.90. The normalized spacial score (nSPS) is 11.8. The van der Waals surface area contributed by atoms with Gasteiger partial charge in [-0.05, 0) is 121 Å².